The van der Waals surface area contributed by atoms with Crippen LogP contribution in [0.3, 0.4) is 0 Å². The Kier molecular flexibility index (Phi) is 3.43. The van der Waals surface area contributed by atoms with Crippen LogP contribution in [0.2, 0.25) is 0 Å². The maximum Gasteiger partial charge on any atom is 0.122 e. The fourth-order valence-corrected chi connectivity index (χ4v) is 3.27. The summed E-state index contributed by atoms with van der Waals surface area (Å²) < 4.78 is 5.53. The molecule has 2 atom stereocenters. The van der Waals surface area contributed by atoms with E-state index in [1.165, 1.54) is 30.4 Å². The molecule has 0 spiro atoms. The number of aryl methyl sites for hydroxylation is 1. The number of hydrogen-bond acceptors (Lipinski definition) is 2. The van der Waals surface area contributed by atoms with Gasteiger partial charge in [0.25, 0.3) is 0 Å². The zero-order chi connectivity index (χ0) is 12.5. The zero-order valence-electron chi connectivity index (χ0n) is 11.1. The van der Waals surface area contributed by atoms with E-state index in [1.807, 2.05) is 0 Å². The maximum atomic E-state index is 6.11. The summed E-state index contributed by atoms with van der Waals surface area (Å²) in [4.78, 5) is 0. The van der Waals surface area contributed by atoms with E-state index in [0.29, 0.717) is 12.5 Å². The minimum absolute atomic E-state index is 0.122. The van der Waals surface area contributed by atoms with Crippen LogP contribution in [0.4, 0.5) is 0 Å². The molecule has 0 amide bonds. The molecule has 2 heteroatoms. The van der Waals surface area contributed by atoms with Crippen molar-refractivity contribution in [2.75, 3.05) is 13.7 Å². The lowest BCUT2D eigenvalue weighted by molar-refractivity contribution is 0.322. The molecule has 1 aliphatic carbocycles. The summed E-state index contributed by atoms with van der Waals surface area (Å²) in [6, 6.07) is 6.44. The average Bonchev–Trinajstić information content (AvgIpc) is 2.71. The second-order valence-electron chi connectivity index (χ2n) is 5.36. The lowest BCUT2D eigenvalue weighted by Crippen LogP contribution is -2.37. The van der Waals surface area contributed by atoms with E-state index in [2.05, 4.69) is 32.0 Å². The predicted octanol–water partition coefficient (Wildman–Crippen LogP) is 3.02. The van der Waals surface area contributed by atoms with Crippen LogP contribution in [0.15, 0.2) is 18.2 Å². The van der Waals surface area contributed by atoms with Gasteiger partial charge in [-0.15, -0.1) is 0 Å². The van der Waals surface area contributed by atoms with E-state index in [9.17, 15) is 0 Å². The summed E-state index contributed by atoms with van der Waals surface area (Å²) in [7, 11) is 1.75. The highest BCUT2D eigenvalue weighted by atomic mass is 16.5. The second kappa shape index (κ2) is 4.69. The predicted molar refractivity (Wildman–Crippen MR) is 71.5 cm³/mol. The molecule has 2 nitrogen and oxygen atoms in total. The molecule has 0 bridgehead atoms. The molecule has 94 valence electrons. The molecule has 0 aliphatic heterocycles. The Balaban J connectivity index is 2.53. The Bertz CT molecular complexity index is 402. The van der Waals surface area contributed by atoms with Crippen molar-refractivity contribution in [3.63, 3.8) is 0 Å². The van der Waals surface area contributed by atoms with Crippen molar-refractivity contribution in [1.29, 1.82) is 0 Å². The van der Waals surface area contributed by atoms with Gasteiger partial charge in [-0.25, -0.2) is 0 Å². The SMILES string of the molecule is COc1ccc(C)cc1C1(CN)CCCC1C. The van der Waals surface area contributed by atoms with Crippen molar-refractivity contribution >= 4 is 0 Å². The van der Waals surface area contributed by atoms with Gasteiger partial charge in [0.2, 0.25) is 0 Å². The summed E-state index contributed by atoms with van der Waals surface area (Å²) in [6.45, 7) is 5.17. The summed E-state index contributed by atoms with van der Waals surface area (Å²) in [5.41, 5.74) is 8.83. The largest absolute Gasteiger partial charge is 0.496 e. The van der Waals surface area contributed by atoms with Crippen molar-refractivity contribution in [3.05, 3.63) is 29.3 Å². The first kappa shape index (κ1) is 12.4. The van der Waals surface area contributed by atoms with Gasteiger partial charge in [-0.05, 0) is 31.7 Å². The molecule has 0 saturated heterocycles. The van der Waals surface area contributed by atoms with Crippen molar-refractivity contribution < 1.29 is 4.74 Å². The van der Waals surface area contributed by atoms with Crippen LogP contribution in [0, 0.1) is 12.8 Å². The van der Waals surface area contributed by atoms with Crippen LogP contribution < -0.4 is 10.5 Å². The Morgan fingerprint density at radius 3 is 2.76 bits per heavy atom. The van der Waals surface area contributed by atoms with E-state index in [-0.39, 0.29) is 5.41 Å². The number of benzene rings is 1. The van der Waals surface area contributed by atoms with Crippen LogP contribution in [0.1, 0.15) is 37.3 Å². The standard InChI is InChI=1S/C15H23NO/c1-11-6-7-14(17-3)13(9-11)15(10-16)8-4-5-12(15)2/h6-7,9,12H,4-5,8,10,16H2,1-3H3. The topological polar surface area (TPSA) is 35.2 Å². The third-order valence-corrected chi connectivity index (χ3v) is 4.46. The smallest absolute Gasteiger partial charge is 0.122 e. The molecule has 0 heterocycles. The highest BCUT2D eigenvalue weighted by Crippen LogP contribution is 2.47. The van der Waals surface area contributed by atoms with Gasteiger partial charge in [0.05, 0.1) is 7.11 Å². The highest BCUT2D eigenvalue weighted by Gasteiger charge is 2.42. The fraction of sp³-hybridized carbons (Fsp3) is 0.600. The average molecular weight is 233 g/mol. The lowest BCUT2D eigenvalue weighted by atomic mass is 9.72. The first-order valence-electron chi connectivity index (χ1n) is 6.49. The molecule has 0 aromatic heterocycles. The van der Waals surface area contributed by atoms with Crippen LogP contribution in [-0.2, 0) is 5.41 Å². The summed E-state index contributed by atoms with van der Waals surface area (Å²) in [5.74, 6) is 1.64. The van der Waals surface area contributed by atoms with Crippen LogP contribution in [0.25, 0.3) is 0 Å². The lowest BCUT2D eigenvalue weighted by Gasteiger charge is -2.34. The molecule has 2 unspecified atom stereocenters. The molecular formula is C15H23NO. The molecule has 1 saturated carbocycles. The van der Waals surface area contributed by atoms with Gasteiger partial charge in [-0.1, -0.05) is 31.0 Å². The summed E-state index contributed by atoms with van der Waals surface area (Å²) in [6.07, 6.45) is 3.73. The minimum atomic E-state index is 0.122. The Morgan fingerprint density at radius 2 is 2.24 bits per heavy atom. The molecule has 1 aliphatic rings. The van der Waals surface area contributed by atoms with Crippen molar-refractivity contribution in [3.8, 4) is 5.75 Å². The van der Waals surface area contributed by atoms with E-state index < -0.39 is 0 Å². The van der Waals surface area contributed by atoms with Crippen LogP contribution >= 0.6 is 0 Å². The van der Waals surface area contributed by atoms with Gasteiger partial charge in [0, 0.05) is 17.5 Å². The molecule has 2 N–H and O–H groups in total. The van der Waals surface area contributed by atoms with Crippen molar-refractivity contribution in [1.82, 2.24) is 0 Å². The molecule has 1 aromatic carbocycles. The minimum Gasteiger partial charge on any atom is -0.496 e. The first-order chi connectivity index (χ1) is 8.14. The van der Waals surface area contributed by atoms with E-state index in [4.69, 9.17) is 10.5 Å². The van der Waals surface area contributed by atoms with Crippen molar-refractivity contribution in [2.45, 2.75) is 38.5 Å². The first-order valence-corrected chi connectivity index (χ1v) is 6.49. The molecule has 1 aromatic rings. The molecule has 17 heavy (non-hydrogen) atoms. The zero-order valence-corrected chi connectivity index (χ0v) is 11.1. The van der Waals surface area contributed by atoms with Crippen molar-refractivity contribution in [2.24, 2.45) is 11.7 Å². The van der Waals surface area contributed by atoms with Gasteiger partial charge >= 0.3 is 0 Å². The number of rotatable bonds is 3. The Morgan fingerprint density at radius 1 is 1.47 bits per heavy atom. The van der Waals surface area contributed by atoms with Gasteiger partial charge in [-0.3, -0.25) is 0 Å². The fourth-order valence-electron chi connectivity index (χ4n) is 3.27. The third kappa shape index (κ3) is 1.95. The summed E-state index contributed by atoms with van der Waals surface area (Å²) in [5, 5.41) is 0. The Hall–Kier alpha value is -1.02. The normalized spacial score (nSPS) is 28.4. The quantitative estimate of drug-likeness (QED) is 0.871. The van der Waals surface area contributed by atoms with E-state index >= 15 is 0 Å². The third-order valence-electron chi connectivity index (χ3n) is 4.46. The maximum absolute atomic E-state index is 6.11. The molecule has 2 rings (SSSR count). The second-order valence-corrected chi connectivity index (χ2v) is 5.36. The molecule has 1 fully saturated rings. The van der Waals surface area contributed by atoms with Crippen LogP contribution in [0.5, 0.6) is 5.75 Å². The number of nitrogens with two attached hydrogens (primary N) is 1. The van der Waals surface area contributed by atoms with E-state index in [1.54, 1.807) is 7.11 Å². The van der Waals surface area contributed by atoms with Gasteiger partial charge in [0.1, 0.15) is 5.75 Å². The van der Waals surface area contributed by atoms with Gasteiger partial charge in [0.15, 0.2) is 0 Å². The monoisotopic (exact) mass is 233 g/mol. The Labute approximate surface area is 104 Å². The van der Waals surface area contributed by atoms with Crippen LogP contribution in [-0.4, -0.2) is 13.7 Å². The number of ether oxygens (including phenoxy) is 1. The number of methoxy groups -OCH3 is 1. The van der Waals surface area contributed by atoms with E-state index in [0.717, 1.165) is 5.75 Å². The van der Waals surface area contributed by atoms with Gasteiger partial charge in [-0.2, -0.15) is 0 Å². The molecular weight excluding hydrogens is 210 g/mol. The molecule has 0 radical (unpaired) electrons. The highest BCUT2D eigenvalue weighted by molar-refractivity contribution is 5.44. The number of hydrogen-bond donors (Lipinski definition) is 1. The van der Waals surface area contributed by atoms with Gasteiger partial charge < -0.3 is 10.5 Å². The summed E-state index contributed by atoms with van der Waals surface area (Å²) >= 11 is 0.